The number of hydrogen-bond acceptors (Lipinski definition) is 5. The summed E-state index contributed by atoms with van der Waals surface area (Å²) < 4.78 is 10.6. The topological polar surface area (TPSA) is 76.4 Å². The van der Waals surface area contributed by atoms with Crippen molar-refractivity contribution in [2.75, 3.05) is 25.1 Å². The first-order valence-corrected chi connectivity index (χ1v) is 8.70. The highest BCUT2D eigenvalue weighted by Crippen LogP contribution is 2.34. The molecule has 1 aromatic heterocycles. The summed E-state index contributed by atoms with van der Waals surface area (Å²) in [5, 5.41) is 9.91. The second-order valence-corrected chi connectivity index (χ2v) is 6.68. The van der Waals surface area contributed by atoms with Crippen LogP contribution in [0.25, 0.3) is 0 Å². The second-order valence-electron chi connectivity index (χ2n) is 6.68. The molecule has 0 spiro atoms. The maximum absolute atomic E-state index is 12.3. The molecule has 1 aromatic carbocycles. The Hall–Kier alpha value is -2.18. The van der Waals surface area contributed by atoms with Crippen molar-refractivity contribution in [2.45, 2.75) is 38.1 Å². The zero-order chi connectivity index (χ0) is 17.7. The minimum absolute atomic E-state index is 0.00310. The van der Waals surface area contributed by atoms with Gasteiger partial charge >= 0.3 is 0 Å². The Morgan fingerprint density at radius 1 is 1.28 bits per heavy atom. The second kappa shape index (κ2) is 7.80. The van der Waals surface area contributed by atoms with Gasteiger partial charge in [-0.3, -0.25) is 10.1 Å². The third-order valence-electron chi connectivity index (χ3n) is 4.85. The van der Waals surface area contributed by atoms with E-state index in [4.69, 9.17) is 9.26 Å². The van der Waals surface area contributed by atoms with Crippen LogP contribution in [-0.4, -0.2) is 36.9 Å². The number of hydrogen-bond donors (Lipinski definition) is 2. The highest BCUT2D eigenvalue weighted by Gasteiger charge is 2.35. The van der Waals surface area contributed by atoms with E-state index in [1.54, 1.807) is 6.07 Å². The molecule has 2 aromatic rings. The van der Waals surface area contributed by atoms with E-state index in [1.807, 2.05) is 19.9 Å². The number of aromatic nitrogens is 1. The van der Waals surface area contributed by atoms with Crippen LogP contribution >= 0.6 is 0 Å². The van der Waals surface area contributed by atoms with Crippen molar-refractivity contribution in [2.24, 2.45) is 0 Å². The molecule has 2 heterocycles. The van der Waals surface area contributed by atoms with E-state index in [1.165, 1.54) is 5.56 Å². The van der Waals surface area contributed by atoms with Crippen LogP contribution in [0.2, 0.25) is 0 Å². The van der Waals surface area contributed by atoms with Gasteiger partial charge in [0.2, 0.25) is 11.8 Å². The van der Waals surface area contributed by atoms with E-state index < -0.39 is 0 Å². The zero-order valence-electron chi connectivity index (χ0n) is 14.7. The van der Waals surface area contributed by atoms with Crippen LogP contribution in [0.4, 0.5) is 5.88 Å². The van der Waals surface area contributed by atoms with Gasteiger partial charge in [-0.25, -0.2) is 0 Å². The fraction of sp³-hybridized carbons (Fsp3) is 0.474. The van der Waals surface area contributed by atoms with Gasteiger partial charge in [0.25, 0.3) is 0 Å². The number of benzene rings is 1. The molecule has 0 saturated carbocycles. The van der Waals surface area contributed by atoms with Crippen LogP contribution in [0.1, 0.15) is 31.0 Å². The van der Waals surface area contributed by atoms with E-state index in [9.17, 15) is 4.79 Å². The summed E-state index contributed by atoms with van der Waals surface area (Å²) in [7, 11) is 0. The molecular formula is C19H25N3O3. The average molecular weight is 343 g/mol. The summed E-state index contributed by atoms with van der Waals surface area (Å²) in [5.74, 6) is 0.242. The Morgan fingerprint density at radius 2 is 2.00 bits per heavy atom. The first-order chi connectivity index (χ1) is 12.1. The summed E-state index contributed by atoms with van der Waals surface area (Å²) in [5.41, 5.74) is 2.03. The number of rotatable bonds is 6. The number of carbonyl (C=O) groups is 1. The van der Waals surface area contributed by atoms with Crippen molar-refractivity contribution in [3.8, 4) is 0 Å². The number of nitrogens with one attached hydrogen (secondary N) is 2. The van der Waals surface area contributed by atoms with Crippen molar-refractivity contribution in [1.82, 2.24) is 10.5 Å². The lowest BCUT2D eigenvalue weighted by atomic mass is 9.74. The molecule has 1 atom stereocenters. The van der Waals surface area contributed by atoms with Crippen molar-refractivity contribution in [3.05, 3.63) is 47.7 Å². The van der Waals surface area contributed by atoms with Crippen molar-refractivity contribution >= 4 is 11.8 Å². The molecule has 1 aliphatic heterocycles. The van der Waals surface area contributed by atoms with Crippen LogP contribution in [0.15, 0.2) is 40.9 Å². The number of aryl methyl sites for hydroxylation is 1. The van der Waals surface area contributed by atoms with Crippen LogP contribution in [0, 0.1) is 6.92 Å². The first-order valence-electron chi connectivity index (χ1n) is 8.70. The van der Waals surface area contributed by atoms with Crippen LogP contribution in [0.3, 0.4) is 0 Å². The minimum Gasteiger partial charge on any atom is -0.381 e. The fourth-order valence-electron chi connectivity index (χ4n) is 3.21. The predicted molar refractivity (Wildman–Crippen MR) is 95.5 cm³/mol. The van der Waals surface area contributed by atoms with Crippen molar-refractivity contribution < 1.29 is 14.1 Å². The lowest BCUT2D eigenvalue weighted by molar-refractivity contribution is -0.118. The molecule has 134 valence electrons. The SMILES string of the molecule is Cc1cc(NC(=O)C(C)NCC2(c3ccccc3)CCOCC2)on1. The van der Waals surface area contributed by atoms with Crippen LogP contribution in [-0.2, 0) is 14.9 Å². The maximum Gasteiger partial charge on any atom is 0.243 e. The molecular weight excluding hydrogens is 318 g/mol. The molecule has 2 N–H and O–H groups in total. The minimum atomic E-state index is -0.339. The predicted octanol–water partition coefficient (Wildman–Crippen LogP) is 2.65. The van der Waals surface area contributed by atoms with E-state index >= 15 is 0 Å². The van der Waals surface area contributed by atoms with E-state index in [-0.39, 0.29) is 17.4 Å². The van der Waals surface area contributed by atoms with Crippen molar-refractivity contribution in [1.29, 1.82) is 0 Å². The molecule has 0 bridgehead atoms. The maximum atomic E-state index is 12.3. The highest BCUT2D eigenvalue weighted by atomic mass is 16.5. The Morgan fingerprint density at radius 3 is 2.64 bits per heavy atom. The largest absolute Gasteiger partial charge is 0.381 e. The Bertz CT molecular complexity index is 693. The summed E-state index contributed by atoms with van der Waals surface area (Å²) in [6.07, 6.45) is 1.89. The van der Waals surface area contributed by atoms with Gasteiger partial charge < -0.3 is 14.6 Å². The van der Waals surface area contributed by atoms with Gasteiger partial charge in [0.05, 0.1) is 11.7 Å². The first kappa shape index (κ1) is 17.6. The van der Waals surface area contributed by atoms with Crippen LogP contribution < -0.4 is 10.6 Å². The third kappa shape index (κ3) is 4.27. The monoisotopic (exact) mass is 343 g/mol. The standard InChI is InChI=1S/C19H25N3O3/c1-14-12-17(25-22-14)21-18(23)15(2)20-13-19(8-10-24-11-9-19)16-6-4-3-5-7-16/h3-7,12,15,20H,8-11,13H2,1-2H3,(H,21,23). The van der Waals surface area contributed by atoms with Gasteiger partial charge in [0.1, 0.15) is 0 Å². The molecule has 1 aliphatic rings. The highest BCUT2D eigenvalue weighted by molar-refractivity contribution is 5.93. The smallest absolute Gasteiger partial charge is 0.243 e. The van der Waals surface area contributed by atoms with E-state index in [0.29, 0.717) is 5.88 Å². The molecule has 6 heteroatoms. The van der Waals surface area contributed by atoms with Gasteiger partial charge in [-0.2, -0.15) is 0 Å². The number of nitrogens with zero attached hydrogens (tertiary/aromatic N) is 1. The molecule has 25 heavy (non-hydrogen) atoms. The lowest BCUT2D eigenvalue weighted by Crippen LogP contribution is -2.48. The van der Waals surface area contributed by atoms with Gasteiger partial charge in [-0.1, -0.05) is 35.5 Å². The van der Waals surface area contributed by atoms with Gasteiger partial charge in [-0.15, -0.1) is 0 Å². The number of ether oxygens (including phenoxy) is 1. The average Bonchev–Trinajstić information content (AvgIpc) is 3.06. The third-order valence-corrected chi connectivity index (χ3v) is 4.85. The molecule has 1 fully saturated rings. The van der Waals surface area contributed by atoms with Crippen LogP contribution in [0.5, 0.6) is 0 Å². The molecule has 1 saturated heterocycles. The number of anilines is 1. The Kier molecular flexibility index (Phi) is 5.50. The van der Waals surface area contributed by atoms with Gasteiger partial charge in [0.15, 0.2) is 0 Å². The summed E-state index contributed by atoms with van der Waals surface area (Å²) >= 11 is 0. The molecule has 1 unspecified atom stereocenters. The quantitative estimate of drug-likeness (QED) is 0.843. The van der Waals surface area contributed by atoms with Gasteiger partial charge in [-0.05, 0) is 32.3 Å². The van der Waals surface area contributed by atoms with Gasteiger partial charge in [0, 0.05) is 31.2 Å². The summed E-state index contributed by atoms with van der Waals surface area (Å²) in [6.45, 7) is 5.89. The summed E-state index contributed by atoms with van der Waals surface area (Å²) in [4.78, 5) is 12.3. The van der Waals surface area contributed by atoms with E-state index in [2.05, 4.69) is 40.1 Å². The zero-order valence-corrected chi connectivity index (χ0v) is 14.7. The summed E-state index contributed by atoms with van der Waals surface area (Å²) in [6, 6.07) is 11.8. The fourth-order valence-corrected chi connectivity index (χ4v) is 3.21. The van der Waals surface area contributed by atoms with Crippen molar-refractivity contribution in [3.63, 3.8) is 0 Å². The molecule has 1 amide bonds. The molecule has 3 rings (SSSR count). The molecule has 0 aliphatic carbocycles. The van der Waals surface area contributed by atoms with E-state index in [0.717, 1.165) is 38.3 Å². The normalized spacial score (nSPS) is 17.8. The lowest BCUT2D eigenvalue weighted by Gasteiger charge is -2.38. The number of amides is 1. The Labute approximate surface area is 147 Å². The molecule has 0 radical (unpaired) electrons. The number of carbonyl (C=O) groups excluding carboxylic acids is 1. The molecule has 6 nitrogen and oxygen atoms in total. The Balaban J connectivity index is 1.63.